The summed E-state index contributed by atoms with van der Waals surface area (Å²) in [5, 5.41) is 13.9. The minimum absolute atomic E-state index is 0.326. The quantitative estimate of drug-likeness (QED) is 0.134. The molecule has 0 fully saturated rings. The molecule has 0 saturated carbocycles. The summed E-state index contributed by atoms with van der Waals surface area (Å²) in [7, 11) is 0. The number of hydrogen-bond donors (Lipinski definition) is 4. The van der Waals surface area contributed by atoms with Crippen LogP contribution in [0, 0.1) is 0 Å². The largest absolute Gasteiger partial charge is 0.491 e. The van der Waals surface area contributed by atoms with Gasteiger partial charge in [-0.3, -0.25) is 0 Å². The molecule has 3 aromatic carbocycles. The second-order valence-electron chi connectivity index (χ2n) is 10.2. The Hall–Kier alpha value is -4.16. The fourth-order valence-corrected chi connectivity index (χ4v) is 4.28. The lowest BCUT2D eigenvalue weighted by Gasteiger charge is -2.33. The maximum absolute atomic E-state index is 10.7. The van der Waals surface area contributed by atoms with Gasteiger partial charge in [0.25, 0.3) is 6.02 Å². The van der Waals surface area contributed by atoms with Crippen molar-refractivity contribution in [3.05, 3.63) is 89.0 Å². The van der Waals surface area contributed by atoms with Crippen LogP contribution >= 0.6 is 0 Å². The zero-order valence-electron chi connectivity index (χ0n) is 23.9. The first-order valence-corrected chi connectivity index (χ1v) is 13.7. The number of amidine groups is 1. The molecule has 4 rings (SSSR count). The van der Waals surface area contributed by atoms with Crippen molar-refractivity contribution in [3.8, 4) is 11.5 Å². The van der Waals surface area contributed by atoms with Crippen molar-refractivity contribution in [3.63, 3.8) is 0 Å². The number of ether oxygens (including phenoxy) is 5. The lowest BCUT2D eigenvalue weighted by Crippen LogP contribution is -2.35. The predicted octanol–water partition coefficient (Wildman–Crippen LogP) is 3.83. The number of aliphatic hydroxyl groups excluding tert-OH is 1. The highest BCUT2D eigenvalue weighted by Gasteiger charge is 2.27. The normalized spacial score (nSPS) is 14.9. The molecule has 224 valence electrons. The van der Waals surface area contributed by atoms with Crippen molar-refractivity contribution >= 4 is 17.8 Å². The number of aliphatic imine (C=N–C) groups is 1. The van der Waals surface area contributed by atoms with Crippen molar-refractivity contribution < 1.29 is 33.6 Å². The molecule has 6 N–H and O–H groups in total. The maximum atomic E-state index is 10.7. The Kier molecular flexibility index (Phi) is 10.7. The van der Waals surface area contributed by atoms with Gasteiger partial charge in [-0.1, -0.05) is 30.3 Å². The van der Waals surface area contributed by atoms with Crippen LogP contribution in [0.5, 0.6) is 11.5 Å². The van der Waals surface area contributed by atoms with Gasteiger partial charge in [0.15, 0.2) is 0 Å². The van der Waals surface area contributed by atoms with E-state index in [0.29, 0.717) is 38.7 Å². The summed E-state index contributed by atoms with van der Waals surface area (Å²) in [4.78, 5) is 14.7. The first-order valence-electron chi connectivity index (χ1n) is 13.7. The van der Waals surface area contributed by atoms with E-state index in [4.69, 9.17) is 30.4 Å². The molecular formula is C31H38N4O7. The molecule has 1 aliphatic rings. The van der Waals surface area contributed by atoms with E-state index in [1.165, 1.54) is 0 Å². The summed E-state index contributed by atoms with van der Waals surface area (Å²) >= 11 is 0. The number of fused-ring (bicyclic) bond motifs is 1. The third kappa shape index (κ3) is 9.74. The highest BCUT2D eigenvalue weighted by atomic mass is 16.7. The van der Waals surface area contributed by atoms with Gasteiger partial charge in [-0.25, -0.2) is 4.79 Å². The number of nitrogens with one attached hydrogen (secondary N) is 1. The molecule has 11 heteroatoms. The van der Waals surface area contributed by atoms with Crippen LogP contribution in [0.3, 0.4) is 0 Å². The van der Waals surface area contributed by atoms with Gasteiger partial charge in [-0.15, -0.1) is 0 Å². The topological polar surface area (TPSA) is 160 Å². The minimum atomic E-state index is -1.02. The molecule has 1 aliphatic heterocycles. The number of aliphatic hydroxyl groups is 1. The zero-order valence-corrected chi connectivity index (χ0v) is 23.9. The number of carbonyl (C=O) groups excluding carboxylic acids is 1. The number of benzene rings is 3. The summed E-state index contributed by atoms with van der Waals surface area (Å²) in [6, 6.07) is 20.5. The Morgan fingerprint density at radius 3 is 2.67 bits per heavy atom. The lowest BCUT2D eigenvalue weighted by molar-refractivity contribution is -0.180. The molecule has 1 amide bonds. The number of carbonyl (C=O) groups is 1. The van der Waals surface area contributed by atoms with E-state index in [1.54, 1.807) is 18.2 Å². The van der Waals surface area contributed by atoms with Crippen LogP contribution in [0.15, 0.2) is 71.7 Å². The summed E-state index contributed by atoms with van der Waals surface area (Å²) in [5.41, 5.74) is 14.8. The molecule has 0 aromatic heterocycles. The highest BCUT2D eigenvalue weighted by molar-refractivity contribution is 5.86. The van der Waals surface area contributed by atoms with Gasteiger partial charge in [-0.2, -0.15) is 4.99 Å². The first-order chi connectivity index (χ1) is 20.2. The Bertz CT molecular complexity index is 1360. The molecule has 1 heterocycles. The lowest BCUT2D eigenvalue weighted by atomic mass is 10.0. The van der Waals surface area contributed by atoms with Crippen molar-refractivity contribution in [2.45, 2.75) is 45.4 Å². The maximum Gasteiger partial charge on any atom is 0.412 e. The van der Waals surface area contributed by atoms with E-state index < -0.39 is 18.0 Å². The molecule has 11 nitrogen and oxygen atoms in total. The summed E-state index contributed by atoms with van der Waals surface area (Å²) in [6.45, 7) is 6.56. The third-order valence-corrected chi connectivity index (χ3v) is 6.37. The van der Waals surface area contributed by atoms with Gasteiger partial charge in [0, 0.05) is 26.0 Å². The van der Waals surface area contributed by atoms with Crippen molar-refractivity contribution in [1.82, 2.24) is 5.32 Å². The van der Waals surface area contributed by atoms with Crippen molar-refractivity contribution in [2.75, 3.05) is 26.3 Å². The Morgan fingerprint density at radius 1 is 1.07 bits per heavy atom. The fourth-order valence-electron chi connectivity index (χ4n) is 4.28. The van der Waals surface area contributed by atoms with Crippen molar-refractivity contribution in [2.24, 2.45) is 16.5 Å². The number of nitrogens with zero attached hydrogens (tertiary/aromatic N) is 1. The Morgan fingerprint density at radius 2 is 1.88 bits per heavy atom. The van der Waals surface area contributed by atoms with E-state index in [1.807, 2.05) is 62.4 Å². The second-order valence-corrected chi connectivity index (χ2v) is 10.2. The van der Waals surface area contributed by atoms with Crippen LogP contribution in [0.2, 0.25) is 0 Å². The van der Waals surface area contributed by atoms with Crippen LogP contribution in [-0.2, 0) is 33.8 Å². The van der Waals surface area contributed by atoms with Gasteiger partial charge < -0.3 is 45.6 Å². The molecule has 0 spiro atoms. The van der Waals surface area contributed by atoms with E-state index >= 15 is 0 Å². The molecule has 0 saturated heterocycles. The number of hydrogen-bond acceptors (Lipinski definition) is 9. The smallest absolute Gasteiger partial charge is 0.412 e. The number of primary amides is 1. The standard InChI is InChI=1S/C31H38N4O7/c1-31(2)40-20-24-17-23(8-11-28(24)42-31)27(36)18-34-13-12-21-6-9-26(10-7-21)39-15-14-38-19-22-4-3-5-25(16-22)35-29(32)41-30(33)37/h3-11,16-17,27,34,36H,12-15,18-20H2,1-2H3,(H2,32,35)(H2,33,37)/t27-/m0/s1. The Labute approximate surface area is 245 Å². The average Bonchev–Trinajstić information content (AvgIpc) is 2.95. The Balaban J connectivity index is 1.11. The van der Waals surface area contributed by atoms with Gasteiger partial charge in [0.1, 0.15) is 18.1 Å². The molecule has 42 heavy (non-hydrogen) atoms. The SMILES string of the molecule is CC1(C)OCc2cc([C@@H](O)CNCCc3ccc(OCCOCc4cccc(N=C(N)OC(N)=O)c4)cc3)ccc2O1. The average molecular weight is 579 g/mol. The monoisotopic (exact) mass is 578 g/mol. The van der Waals surface area contributed by atoms with Gasteiger partial charge in [-0.05, 0) is 66.1 Å². The van der Waals surface area contributed by atoms with E-state index in [0.717, 1.165) is 46.7 Å². The van der Waals surface area contributed by atoms with Gasteiger partial charge >= 0.3 is 6.09 Å². The minimum Gasteiger partial charge on any atom is -0.491 e. The van der Waals surface area contributed by atoms with Gasteiger partial charge in [0.05, 0.1) is 31.6 Å². The number of amides is 1. The molecule has 0 unspecified atom stereocenters. The molecular weight excluding hydrogens is 540 g/mol. The van der Waals surface area contributed by atoms with Gasteiger partial charge in [0.2, 0.25) is 5.79 Å². The summed E-state index contributed by atoms with van der Waals surface area (Å²) < 4.78 is 27.5. The molecule has 0 radical (unpaired) electrons. The molecule has 3 aromatic rings. The van der Waals surface area contributed by atoms with Crippen LogP contribution < -0.4 is 26.3 Å². The third-order valence-electron chi connectivity index (χ3n) is 6.37. The van der Waals surface area contributed by atoms with Crippen LogP contribution in [-0.4, -0.2) is 49.3 Å². The summed E-state index contributed by atoms with van der Waals surface area (Å²) in [6.07, 6.45) is -0.823. The number of nitrogens with two attached hydrogens (primary N) is 2. The van der Waals surface area contributed by atoms with E-state index in [-0.39, 0.29) is 6.02 Å². The predicted molar refractivity (Wildman–Crippen MR) is 157 cm³/mol. The second kappa shape index (κ2) is 14.6. The van der Waals surface area contributed by atoms with E-state index in [2.05, 4.69) is 15.0 Å². The first kappa shape index (κ1) is 30.8. The zero-order chi connectivity index (χ0) is 30.0. The van der Waals surface area contributed by atoms with Crippen LogP contribution in [0.4, 0.5) is 10.5 Å². The molecule has 0 aliphatic carbocycles. The highest BCUT2D eigenvalue weighted by Crippen LogP contribution is 2.32. The van der Waals surface area contributed by atoms with Crippen LogP contribution in [0.1, 0.15) is 42.2 Å². The van der Waals surface area contributed by atoms with Crippen LogP contribution in [0.25, 0.3) is 0 Å². The molecule has 0 bridgehead atoms. The van der Waals surface area contributed by atoms with Crippen molar-refractivity contribution in [1.29, 1.82) is 0 Å². The molecule has 1 atom stereocenters. The fraction of sp³-hybridized carbons (Fsp3) is 0.355. The number of rotatable bonds is 13. The summed E-state index contributed by atoms with van der Waals surface area (Å²) in [5.74, 6) is 0.919. The van der Waals surface area contributed by atoms with E-state index in [9.17, 15) is 9.90 Å².